The Labute approximate surface area is 115 Å². The maximum absolute atomic E-state index is 11.8. The van der Waals surface area contributed by atoms with E-state index in [0.29, 0.717) is 11.3 Å². The van der Waals surface area contributed by atoms with Gasteiger partial charge in [-0.15, -0.1) is 0 Å². The Hall–Kier alpha value is -2.50. The number of rotatable bonds is 5. The summed E-state index contributed by atoms with van der Waals surface area (Å²) >= 11 is 0. The third kappa shape index (κ3) is 2.90. The van der Waals surface area contributed by atoms with Gasteiger partial charge < -0.3 is 20.2 Å². The lowest BCUT2D eigenvalue weighted by molar-refractivity contribution is -0.126. The van der Waals surface area contributed by atoms with E-state index in [0.717, 1.165) is 10.9 Å². The summed E-state index contributed by atoms with van der Waals surface area (Å²) in [6.07, 6.45) is 1.65. The Balaban J connectivity index is 2.14. The van der Waals surface area contributed by atoms with Gasteiger partial charge in [-0.1, -0.05) is 0 Å². The quantitative estimate of drug-likeness (QED) is 0.850. The summed E-state index contributed by atoms with van der Waals surface area (Å²) in [6, 6.07) is 4.69. The number of carbonyl (C=O) groups excluding carboxylic acids is 2. The lowest BCUT2D eigenvalue weighted by atomic mass is 10.1. The summed E-state index contributed by atoms with van der Waals surface area (Å²) in [7, 11) is 1.57. The number of amides is 2. The zero-order valence-electron chi connectivity index (χ0n) is 11.3. The van der Waals surface area contributed by atoms with Crippen LogP contribution < -0.4 is 15.8 Å². The van der Waals surface area contributed by atoms with Crippen LogP contribution in [0.3, 0.4) is 0 Å². The SMILES string of the molecule is COc1ccc2c(CC(=O)N[C@H](C)C(N)=O)coc2c1. The van der Waals surface area contributed by atoms with Gasteiger partial charge in [-0.3, -0.25) is 9.59 Å². The average Bonchev–Trinajstić information content (AvgIpc) is 2.80. The molecule has 1 aromatic carbocycles. The first-order valence-corrected chi connectivity index (χ1v) is 6.14. The van der Waals surface area contributed by atoms with Gasteiger partial charge in [0.1, 0.15) is 17.4 Å². The van der Waals surface area contributed by atoms with Crippen LogP contribution in [0.4, 0.5) is 0 Å². The molecule has 0 aliphatic rings. The van der Waals surface area contributed by atoms with Crippen molar-refractivity contribution in [3.8, 4) is 5.75 Å². The Bertz CT molecular complexity index is 648. The number of fused-ring (bicyclic) bond motifs is 1. The number of methoxy groups -OCH3 is 1. The highest BCUT2D eigenvalue weighted by molar-refractivity contribution is 5.90. The first-order valence-electron chi connectivity index (χ1n) is 6.14. The van der Waals surface area contributed by atoms with Gasteiger partial charge in [0, 0.05) is 17.0 Å². The number of furan rings is 1. The number of hydrogen-bond acceptors (Lipinski definition) is 4. The predicted octanol–water partition coefficient (Wildman–Crippen LogP) is 0.974. The molecule has 0 bridgehead atoms. The van der Waals surface area contributed by atoms with Crippen molar-refractivity contribution in [1.82, 2.24) is 5.32 Å². The summed E-state index contributed by atoms with van der Waals surface area (Å²) in [5, 5.41) is 3.37. The Morgan fingerprint density at radius 3 is 2.85 bits per heavy atom. The number of nitrogens with two attached hydrogens (primary N) is 1. The molecule has 1 heterocycles. The zero-order chi connectivity index (χ0) is 14.7. The number of ether oxygens (including phenoxy) is 1. The Morgan fingerprint density at radius 1 is 1.45 bits per heavy atom. The van der Waals surface area contributed by atoms with E-state index in [2.05, 4.69) is 5.32 Å². The van der Waals surface area contributed by atoms with Crippen molar-refractivity contribution in [2.45, 2.75) is 19.4 Å². The lowest BCUT2D eigenvalue weighted by Gasteiger charge is -2.09. The summed E-state index contributed by atoms with van der Waals surface area (Å²) in [4.78, 5) is 22.7. The summed E-state index contributed by atoms with van der Waals surface area (Å²) in [6.45, 7) is 1.54. The molecule has 2 aromatic rings. The molecule has 0 unspecified atom stereocenters. The molecule has 0 aliphatic heterocycles. The van der Waals surface area contributed by atoms with Crippen molar-refractivity contribution in [1.29, 1.82) is 0 Å². The second-order valence-electron chi connectivity index (χ2n) is 4.49. The van der Waals surface area contributed by atoms with Crippen molar-refractivity contribution in [2.75, 3.05) is 7.11 Å². The van der Waals surface area contributed by atoms with Crippen LogP contribution in [-0.2, 0) is 16.0 Å². The van der Waals surface area contributed by atoms with Crippen LogP contribution in [0.2, 0.25) is 0 Å². The van der Waals surface area contributed by atoms with Gasteiger partial charge in [-0.2, -0.15) is 0 Å². The predicted molar refractivity (Wildman–Crippen MR) is 73.3 cm³/mol. The Kier molecular flexibility index (Phi) is 3.93. The fraction of sp³-hybridized carbons (Fsp3) is 0.286. The maximum atomic E-state index is 11.8. The molecule has 2 amide bonds. The van der Waals surface area contributed by atoms with Crippen LogP contribution in [0.15, 0.2) is 28.9 Å². The molecule has 0 spiro atoms. The molecule has 3 N–H and O–H groups in total. The van der Waals surface area contributed by atoms with Gasteiger partial charge >= 0.3 is 0 Å². The van der Waals surface area contributed by atoms with Crippen molar-refractivity contribution in [3.63, 3.8) is 0 Å². The van der Waals surface area contributed by atoms with Crippen molar-refractivity contribution in [3.05, 3.63) is 30.0 Å². The van der Waals surface area contributed by atoms with E-state index >= 15 is 0 Å². The highest BCUT2D eigenvalue weighted by Gasteiger charge is 2.15. The molecular formula is C14H16N2O4. The lowest BCUT2D eigenvalue weighted by Crippen LogP contribution is -2.42. The van der Waals surface area contributed by atoms with Gasteiger partial charge in [-0.05, 0) is 19.1 Å². The molecule has 0 saturated carbocycles. The molecule has 2 rings (SSSR count). The van der Waals surface area contributed by atoms with Crippen molar-refractivity contribution >= 4 is 22.8 Å². The largest absolute Gasteiger partial charge is 0.497 e. The van der Waals surface area contributed by atoms with E-state index in [1.165, 1.54) is 6.26 Å². The minimum atomic E-state index is -0.694. The molecule has 6 heteroatoms. The fourth-order valence-electron chi connectivity index (χ4n) is 1.86. The maximum Gasteiger partial charge on any atom is 0.239 e. The monoisotopic (exact) mass is 276 g/mol. The van der Waals surface area contributed by atoms with Gasteiger partial charge in [0.15, 0.2) is 0 Å². The summed E-state index contributed by atoms with van der Waals surface area (Å²) in [5.41, 5.74) is 6.49. The number of primary amides is 1. The van der Waals surface area contributed by atoms with Crippen LogP contribution in [0, 0.1) is 0 Å². The van der Waals surface area contributed by atoms with Crippen LogP contribution in [-0.4, -0.2) is 25.0 Å². The second kappa shape index (κ2) is 5.64. The zero-order valence-corrected chi connectivity index (χ0v) is 11.3. The van der Waals surface area contributed by atoms with E-state index in [1.807, 2.05) is 6.07 Å². The molecule has 0 radical (unpaired) electrons. The molecule has 106 valence electrons. The first kappa shape index (κ1) is 13.9. The van der Waals surface area contributed by atoms with Crippen molar-refractivity contribution in [2.24, 2.45) is 5.73 Å². The van der Waals surface area contributed by atoms with Gasteiger partial charge in [-0.25, -0.2) is 0 Å². The average molecular weight is 276 g/mol. The smallest absolute Gasteiger partial charge is 0.239 e. The molecular weight excluding hydrogens is 260 g/mol. The van der Waals surface area contributed by atoms with E-state index < -0.39 is 11.9 Å². The minimum absolute atomic E-state index is 0.122. The van der Waals surface area contributed by atoms with Crippen LogP contribution in [0.25, 0.3) is 11.0 Å². The summed E-state index contributed by atoms with van der Waals surface area (Å²) in [5.74, 6) is -0.167. The van der Waals surface area contributed by atoms with Crippen LogP contribution in [0.5, 0.6) is 5.75 Å². The number of benzene rings is 1. The third-order valence-corrected chi connectivity index (χ3v) is 3.02. The molecule has 1 atom stereocenters. The van der Waals surface area contributed by atoms with E-state index in [9.17, 15) is 9.59 Å². The first-order chi connectivity index (χ1) is 9.51. The van der Waals surface area contributed by atoms with Gasteiger partial charge in [0.05, 0.1) is 19.8 Å². The van der Waals surface area contributed by atoms with Gasteiger partial charge in [0.25, 0.3) is 0 Å². The second-order valence-corrected chi connectivity index (χ2v) is 4.49. The fourth-order valence-corrected chi connectivity index (χ4v) is 1.86. The standard InChI is InChI=1S/C14H16N2O4/c1-8(14(15)18)16-13(17)5-9-7-20-12-6-10(19-2)3-4-11(9)12/h3-4,6-8H,5H2,1-2H3,(H2,15,18)(H,16,17)/t8-/m1/s1. The van der Waals surface area contributed by atoms with Crippen LogP contribution >= 0.6 is 0 Å². The number of hydrogen-bond donors (Lipinski definition) is 2. The number of carbonyl (C=O) groups is 2. The molecule has 0 aliphatic carbocycles. The molecule has 1 aromatic heterocycles. The van der Waals surface area contributed by atoms with E-state index in [4.69, 9.17) is 14.9 Å². The third-order valence-electron chi connectivity index (χ3n) is 3.02. The van der Waals surface area contributed by atoms with E-state index in [1.54, 1.807) is 26.2 Å². The van der Waals surface area contributed by atoms with Crippen molar-refractivity contribution < 1.29 is 18.7 Å². The Morgan fingerprint density at radius 2 is 2.20 bits per heavy atom. The normalized spacial score (nSPS) is 12.1. The molecule has 0 saturated heterocycles. The minimum Gasteiger partial charge on any atom is -0.497 e. The summed E-state index contributed by atoms with van der Waals surface area (Å²) < 4.78 is 10.5. The molecule has 20 heavy (non-hydrogen) atoms. The van der Waals surface area contributed by atoms with Crippen LogP contribution in [0.1, 0.15) is 12.5 Å². The molecule has 6 nitrogen and oxygen atoms in total. The van der Waals surface area contributed by atoms with E-state index in [-0.39, 0.29) is 12.3 Å². The molecule has 0 fully saturated rings. The topological polar surface area (TPSA) is 94.6 Å². The van der Waals surface area contributed by atoms with Gasteiger partial charge in [0.2, 0.25) is 11.8 Å². The highest BCUT2D eigenvalue weighted by Crippen LogP contribution is 2.25. The number of nitrogens with one attached hydrogen (secondary N) is 1. The highest BCUT2D eigenvalue weighted by atomic mass is 16.5.